The number of benzene rings is 3. The zero-order valence-corrected chi connectivity index (χ0v) is 20.2. The minimum absolute atomic E-state index is 0.121. The Morgan fingerprint density at radius 3 is 2.59 bits per heavy atom. The van der Waals surface area contributed by atoms with E-state index in [0.717, 1.165) is 11.8 Å². The molecular weight excluding hydrogens is 545 g/mol. The molecule has 0 saturated carbocycles. The molecule has 7 nitrogen and oxygen atoms in total. The summed E-state index contributed by atoms with van der Waals surface area (Å²) in [6.07, 6.45) is 1.53. The lowest BCUT2D eigenvalue weighted by molar-refractivity contribution is -0.385. The van der Waals surface area contributed by atoms with Crippen LogP contribution in [-0.2, 0) is 4.79 Å². The van der Waals surface area contributed by atoms with Crippen molar-refractivity contribution < 1.29 is 18.9 Å². The molecule has 1 fully saturated rings. The van der Waals surface area contributed by atoms with Crippen LogP contribution in [0.5, 0.6) is 0 Å². The van der Waals surface area contributed by atoms with Gasteiger partial charge in [0.1, 0.15) is 5.82 Å². The Kier molecular flexibility index (Phi) is 6.87. The summed E-state index contributed by atoms with van der Waals surface area (Å²) in [5.74, 6) is -1.26. The fraction of sp³-hybridized carbons (Fsp3) is 0. The number of carbonyl (C=O) groups is 2. The number of rotatable bonds is 5. The number of anilines is 2. The van der Waals surface area contributed by atoms with E-state index in [0.29, 0.717) is 26.3 Å². The summed E-state index contributed by atoms with van der Waals surface area (Å²) in [6.45, 7) is 0. The number of halogens is 2. The minimum Gasteiger partial charge on any atom is -0.322 e. The number of nitro benzene ring substituents is 1. The van der Waals surface area contributed by atoms with Gasteiger partial charge in [0, 0.05) is 17.3 Å². The van der Waals surface area contributed by atoms with Gasteiger partial charge in [0.15, 0.2) is 4.32 Å². The van der Waals surface area contributed by atoms with Crippen molar-refractivity contribution >= 4 is 79.2 Å². The third kappa shape index (κ3) is 5.06. The van der Waals surface area contributed by atoms with E-state index in [1.165, 1.54) is 53.4 Å². The molecule has 34 heavy (non-hydrogen) atoms. The molecule has 0 aromatic heterocycles. The third-order valence-corrected chi connectivity index (χ3v) is 6.70. The van der Waals surface area contributed by atoms with E-state index in [9.17, 15) is 24.1 Å². The largest absolute Gasteiger partial charge is 0.322 e. The summed E-state index contributed by atoms with van der Waals surface area (Å²) < 4.78 is 13.7. The molecule has 0 unspecified atom stereocenters. The number of amides is 2. The van der Waals surface area contributed by atoms with Gasteiger partial charge in [0.05, 0.1) is 20.0 Å². The van der Waals surface area contributed by atoms with Crippen LogP contribution in [0.4, 0.5) is 21.5 Å². The van der Waals surface area contributed by atoms with E-state index in [-0.39, 0.29) is 15.6 Å². The smallest absolute Gasteiger partial charge is 0.284 e. The molecule has 1 aliphatic heterocycles. The van der Waals surface area contributed by atoms with Crippen LogP contribution >= 0.6 is 39.9 Å². The number of carbonyl (C=O) groups excluding carboxylic acids is 2. The second kappa shape index (κ2) is 9.84. The van der Waals surface area contributed by atoms with Crippen molar-refractivity contribution in [3.8, 4) is 0 Å². The number of hydrogen-bond acceptors (Lipinski definition) is 6. The van der Waals surface area contributed by atoms with Gasteiger partial charge >= 0.3 is 0 Å². The van der Waals surface area contributed by atoms with Crippen LogP contribution in [0, 0.1) is 15.9 Å². The highest BCUT2D eigenvalue weighted by Crippen LogP contribution is 2.37. The van der Waals surface area contributed by atoms with Crippen molar-refractivity contribution in [2.24, 2.45) is 0 Å². The van der Waals surface area contributed by atoms with Crippen molar-refractivity contribution in [2.45, 2.75) is 0 Å². The third-order valence-electron chi connectivity index (χ3n) is 4.73. The predicted molar refractivity (Wildman–Crippen MR) is 137 cm³/mol. The van der Waals surface area contributed by atoms with Crippen LogP contribution in [0.1, 0.15) is 15.9 Å². The standard InChI is InChI=1S/C23H13BrFN3O4S2/c24-18-9-4-13(10-19(18)28(31)32)11-20-22(30)27(23(33)34-20)17-3-1-2-14(12-17)21(29)26-16-7-5-15(25)6-8-16/h1-12H,(H,26,29)/b20-11+. The van der Waals surface area contributed by atoms with Crippen molar-refractivity contribution in [1.82, 2.24) is 0 Å². The molecule has 0 bridgehead atoms. The van der Waals surface area contributed by atoms with Gasteiger partial charge in [0.2, 0.25) is 0 Å². The van der Waals surface area contributed by atoms with Crippen LogP contribution in [0.15, 0.2) is 76.1 Å². The fourth-order valence-electron chi connectivity index (χ4n) is 3.12. The Hall–Kier alpha value is -3.41. The van der Waals surface area contributed by atoms with Gasteiger partial charge in [-0.2, -0.15) is 0 Å². The Morgan fingerprint density at radius 2 is 1.88 bits per heavy atom. The number of thiocarbonyl (C=S) groups is 1. The first kappa shape index (κ1) is 23.7. The van der Waals surface area contributed by atoms with E-state index in [4.69, 9.17) is 12.2 Å². The summed E-state index contributed by atoms with van der Waals surface area (Å²) >= 11 is 9.58. The lowest BCUT2D eigenvalue weighted by Gasteiger charge is -2.15. The molecule has 0 atom stereocenters. The molecule has 3 aromatic carbocycles. The molecule has 0 aliphatic carbocycles. The molecule has 1 saturated heterocycles. The van der Waals surface area contributed by atoms with E-state index >= 15 is 0 Å². The Balaban J connectivity index is 1.58. The Labute approximate surface area is 210 Å². The van der Waals surface area contributed by atoms with Crippen LogP contribution in [0.25, 0.3) is 6.08 Å². The van der Waals surface area contributed by atoms with E-state index in [1.54, 1.807) is 24.3 Å². The van der Waals surface area contributed by atoms with Gasteiger partial charge < -0.3 is 5.32 Å². The Morgan fingerprint density at radius 1 is 1.15 bits per heavy atom. The van der Waals surface area contributed by atoms with Gasteiger partial charge in [-0.25, -0.2) is 4.39 Å². The van der Waals surface area contributed by atoms with Crippen LogP contribution in [0.2, 0.25) is 0 Å². The molecule has 1 aliphatic rings. The van der Waals surface area contributed by atoms with Crippen molar-refractivity contribution in [3.05, 3.63) is 103 Å². The zero-order valence-electron chi connectivity index (χ0n) is 17.0. The highest BCUT2D eigenvalue weighted by atomic mass is 79.9. The molecule has 4 rings (SSSR count). The van der Waals surface area contributed by atoms with Crippen molar-refractivity contribution in [3.63, 3.8) is 0 Å². The normalized spacial score (nSPS) is 14.5. The topological polar surface area (TPSA) is 92.6 Å². The van der Waals surface area contributed by atoms with Gasteiger partial charge in [0.25, 0.3) is 17.5 Å². The van der Waals surface area contributed by atoms with Crippen LogP contribution in [0.3, 0.4) is 0 Å². The Bertz CT molecular complexity index is 1380. The average Bonchev–Trinajstić information content (AvgIpc) is 3.09. The van der Waals surface area contributed by atoms with Gasteiger partial charge in [-0.15, -0.1) is 0 Å². The number of thioether (sulfide) groups is 1. The lowest BCUT2D eigenvalue weighted by atomic mass is 10.1. The van der Waals surface area contributed by atoms with Crippen LogP contribution in [-0.4, -0.2) is 21.1 Å². The fourth-order valence-corrected chi connectivity index (χ4v) is 4.81. The van der Waals surface area contributed by atoms with E-state index in [2.05, 4.69) is 21.2 Å². The quantitative estimate of drug-likeness (QED) is 0.175. The monoisotopic (exact) mass is 557 g/mol. The maximum Gasteiger partial charge on any atom is 0.284 e. The summed E-state index contributed by atoms with van der Waals surface area (Å²) in [7, 11) is 0. The summed E-state index contributed by atoms with van der Waals surface area (Å²) in [5.41, 5.74) is 1.46. The highest BCUT2D eigenvalue weighted by Gasteiger charge is 2.33. The molecule has 3 aromatic rings. The second-order valence-electron chi connectivity index (χ2n) is 7.00. The van der Waals surface area contributed by atoms with Gasteiger partial charge in [-0.1, -0.05) is 36.1 Å². The molecule has 170 valence electrons. The number of hydrogen-bond donors (Lipinski definition) is 1. The van der Waals surface area contributed by atoms with E-state index < -0.39 is 22.6 Å². The first-order valence-corrected chi connectivity index (χ1v) is 11.6. The molecule has 1 N–H and O–H groups in total. The molecule has 1 heterocycles. The van der Waals surface area contributed by atoms with Gasteiger partial charge in [-0.3, -0.25) is 24.6 Å². The maximum absolute atomic E-state index is 13.1. The first-order valence-electron chi connectivity index (χ1n) is 9.62. The zero-order chi connectivity index (χ0) is 24.4. The summed E-state index contributed by atoms with van der Waals surface area (Å²) in [4.78, 5) is 38.0. The number of nitrogens with one attached hydrogen (secondary N) is 1. The molecule has 0 spiro atoms. The van der Waals surface area contributed by atoms with Crippen molar-refractivity contribution in [2.75, 3.05) is 10.2 Å². The molecule has 0 radical (unpaired) electrons. The maximum atomic E-state index is 13.1. The molecule has 11 heteroatoms. The molecule has 2 amide bonds. The average molecular weight is 558 g/mol. The van der Waals surface area contributed by atoms with Crippen molar-refractivity contribution in [1.29, 1.82) is 0 Å². The second-order valence-corrected chi connectivity index (χ2v) is 9.53. The highest BCUT2D eigenvalue weighted by molar-refractivity contribution is 9.10. The van der Waals surface area contributed by atoms with Crippen LogP contribution < -0.4 is 10.2 Å². The lowest BCUT2D eigenvalue weighted by Crippen LogP contribution is -2.27. The minimum atomic E-state index is -0.519. The van der Waals surface area contributed by atoms with E-state index in [1.807, 2.05) is 0 Å². The number of nitro groups is 1. The number of nitrogens with zero attached hydrogens (tertiary/aromatic N) is 2. The first-order chi connectivity index (χ1) is 16.2. The predicted octanol–water partition coefficient (Wildman–Crippen LogP) is 6.15. The van der Waals surface area contributed by atoms with Gasteiger partial charge in [-0.05, 0) is 76.1 Å². The SMILES string of the molecule is O=C(Nc1ccc(F)cc1)c1cccc(N2C(=O)/C(=C\c3ccc(Br)c([N+](=O)[O-])c3)SC2=S)c1. The summed E-state index contributed by atoms with van der Waals surface area (Å²) in [6, 6.07) is 16.3. The summed E-state index contributed by atoms with van der Waals surface area (Å²) in [5, 5.41) is 13.9. The molecular formula is C23H13BrFN3O4S2.